The van der Waals surface area contributed by atoms with E-state index in [2.05, 4.69) is 36.8 Å². The highest BCUT2D eigenvalue weighted by Crippen LogP contribution is 2.28. The van der Waals surface area contributed by atoms with Crippen LogP contribution in [-0.2, 0) is 0 Å². The first-order valence-electron chi connectivity index (χ1n) is 8.23. The normalized spacial score (nSPS) is 10.7. The summed E-state index contributed by atoms with van der Waals surface area (Å²) >= 11 is 0. The second-order valence-corrected chi connectivity index (χ2v) is 6.16. The number of fused-ring (bicyclic) bond motifs is 1. The molecule has 0 saturated carbocycles. The van der Waals surface area contributed by atoms with Crippen molar-refractivity contribution in [3.8, 4) is 17.3 Å². The Bertz CT molecular complexity index is 1200. The van der Waals surface area contributed by atoms with Crippen LogP contribution >= 0.6 is 0 Å². The quantitative estimate of drug-likeness (QED) is 0.520. The van der Waals surface area contributed by atoms with Gasteiger partial charge in [-0.25, -0.2) is 4.98 Å². The molecule has 0 radical (unpaired) electrons. The molecule has 4 rings (SSSR count). The molecule has 27 heavy (non-hydrogen) atoms. The molecule has 0 aliphatic heterocycles. The number of nitriles is 1. The summed E-state index contributed by atoms with van der Waals surface area (Å²) in [5.41, 5.74) is 5.29. The third-order valence-corrected chi connectivity index (χ3v) is 4.57. The highest BCUT2D eigenvalue weighted by molar-refractivity contribution is 6.05. The molecule has 0 aliphatic rings. The number of pyridine rings is 1. The summed E-state index contributed by atoms with van der Waals surface area (Å²) in [4.78, 5) is 16.8. The number of rotatable bonds is 3. The zero-order chi connectivity index (χ0) is 19.0. The van der Waals surface area contributed by atoms with Crippen molar-refractivity contribution in [3.05, 3.63) is 59.2 Å². The Hall–Kier alpha value is -3.99. The van der Waals surface area contributed by atoms with Gasteiger partial charge >= 0.3 is 0 Å². The van der Waals surface area contributed by atoms with E-state index in [0.717, 1.165) is 27.7 Å². The minimum atomic E-state index is -0.326. The summed E-state index contributed by atoms with van der Waals surface area (Å²) in [6.45, 7) is 3.59. The zero-order valence-electron chi connectivity index (χ0n) is 14.7. The van der Waals surface area contributed by atoms with Gasteiger partial charge in [0.05, 0.1) is 17.3 Å². The predicted octanol–water partition coefficient (Wildman–Crippen LogP) is 3.09. The van der Waals surface area contributed by atoms with Gasteiger partial charge in [0.25, 0.3) is 5.91 Å². The maximum absolute atomic E-state index is 12.7. The van der Waals surface area contributed by atoms with Gasteiger partial charge in [-0.3, -0.25) is 15.0 Å². The molecule has 8 nitrogen and oxygen atoms in total. The van der Waals surface area contributed by atoms with Crippen LogP contribution in [0.3, 0.4) is 0 Å². The van der Waals surface area contributed by atoms with Gasteiger partial charge in [0.2, 0.25) is 0 Å². The van der Waals surface area contributed by atoms with Crippen LogP contribution in [0, 0.1) is 25.2 Å². The molecule has 0 atom stereocenters. The monoisotopic (exact) mass is 357 g/mol. The lowest BCUT2D eigenvalue weighted by Gasteiger charge is -2.10. The second kappa shape index (κ2) is 6.38. The number of carbonyl (C=O) groups excluding carboxylic acids is 1. The maximum Gasteiger partial charge on any atom is 0.274 e. The van der Waals surface area contributed by atoms with Crippen LogP contribution in [-0.4, -0.2) is 31.3 Å². The van der Waals surface area contributed by atoms with Crippen molar-refractivity contribution < 1.29 is 4.79 Å². The summed E-state index contributed by atoms with van der Waals surface area (Å²) in [5, 5.41) is 26.8. The minimum absolute atomic E-state index is 0.300. The van der Waals surface area contributed by atoms with Crippen molar-refractivity contribution in [1.82, 2.24) is 25.4 Å². The molecule has 1 aromatic carbocycles. The Labute approximate surface area is 154 Å². The van der Waals surface area contributed by atoms with Crippen molar-refractivity contribution in [2.75, 3.05) is 5.32 Å². The average molecular weight is 357 g/mol. The molecule has 8 heteroatoms. The molecule has 3 heterocycles. The van der Waals surface area contributed by atoms with E-state index >= 15 is 0 Å². The number of benzene rings is 1. The van der Waals surface area contributed by atoms with Crippen LogP contribution in [0.2, 0.25) is 0 Å². The number of H-pyrrole nitrogens is 2. The van der Waals surface area contributed by atoms with Crippen LogP contribution in [0.25, 0.3) is 22.2 Å². The SMILES string of the molecule is Cc1c(C#N)cnc(C(=O)Nc2ccc3[nH]nc(-c4cn[nH]c4)c3c2)c1C. The van der Waals surface area contributed by atoms with E-state index in [1.165, 1.54) is 6.20 Å². The number of carbonyl (C=O) groups is 1. The van der Waals surface area contributed by atoms with Crippen molar-refractivity contribution in [2.45, 2.75) is 13.8 Å². The third kappa shape index (κ3) is 2.81. The number of aromatic nitrogens is 5. The standard InChI is InChI=1S/C19H15N7O/c1-10-11(2)17(21-7-12(10)6-20)19(27)24-14-3-4-16-15(5-14)18(26-25-16)13-8-22-23-9-13/h3-5,7-9H,1-2H3,(H,22,23)(H,24,27)(H,25,26). The summed E-state index contributed by atoms with van der Waals surface area (Å²) < 4.78 is 0. The minimum Gasteiger partial charge on any atom is -0.321 e. The fourth-order valence-corrected chi connectivity index (χ4v) is 2.93. The lowest BCUT2D eigenvalue weighted by molar-refractivity contribution is 0.102. The molecule has 3 aromatic heterocycles. The Kier molecular flexibility index (Phi) is 3.90. The molecule has 0 bridgehead atoms. The lowest BCUT2D eigenvalue weighted by Crippen LogP contribution is -2.16. The van der Waals surface area contributed by atoms with Crippen molar-refractivity contribution in [3.63, 3.8) is 0 Å². The van der Waals surface area contributed by atoms with Crippen LogP contribution < -0.4 is 5.32 Å². The van der Waals surface area contributed by atoms with Gasteiger partial charge in [-0.15, -0.1) is 0 Å². The van der Waals surface area contributed by atoms with E-state index in [9.17, 15) is 4.79 Å². The van der Waals surface area contributed by atoms with E-state index in [0.29, 0.717) is 22.5 Å². The van der Waals surface area contributed by atoms with Gasteiger partial charge in [-0.2, -0.15) is 15.5 Å². The summed E-state index contributed by atoms with van der Waals surface area (Å²) in [7, 11) is 0. The van der Waals surface area contributed by atoms with Crippen molar-refractivity contribution in [2.24, 2.45) is 0 Å². The number of nitrogens with one attached hydrogen (secondary N) is 3. The fraction of sp³-hybridized carbons (Fsp3) is 0.105. The van der Waals surface area contributed by atoms with E-state index in [4.69, 9.17) is 5.26 Å². The highest BCUT2D eigenvalue weighted by atomic mass is 16.1. The molecular weight excluding hydrogens is 342 g/mol. The lowest BCUT2D eigenvalue weighted by atomic mass is 10.0. The molecule has 132 valence electrons. The van der Waals surface area contributed by atoms with Gasteiger partial charge in [-0.05, 0) is 43.2 Å². The van der Waals surface area contributed by atoms with Gasteiger partial charge in [0, 0.05) is 29.0 Å². The summed E-state index contributed by atoms with van der Waals surface area (Å²) in [6, 6.07) is 7.58. The summed E-state index contributed by atoms with van der Waals surface area (Å²) in [5.74, 6) is -0.326. The predicted molar refractivity (Wildman–Crippen MR) is 100 cm³/mol. The first-order chi connectivity index (χ1) is 13.1. The first-order valence-corrected chi connectivity index (χ1v) is 8.23. The number of hydrogen-bond donors (Lipinski definition) is 3. The van der Waals surface area contributed by atoms with E-state index in [-0.39, 0.29) is 5.91 Å². The maximum atomic E-state index is 12.7. The van der Waals surface area contributed by atoms with Gasteiger partial charge in [0.15, 0.2) is 0 Å². The van der Waals surface area contributed by atoms with Crippen LogP contribution in [0.15, 0.2) is 36.8 Å². The first kappa shape index (κ1) is 16.5. The van der Waals surface area contributed by atoms with Crippen LogP contribution in [0.4, 0.5) is 5.69 Å². The van der Waals surface area contributed by atoms with Crippen LogP contribution in [0.1, 0.15) is 27.2 Å². The van der Waals surface area contributed by atoms with E-state index in [1.807, 2.05) is 12.1 Å². The van der Waals surface area contributed by atoms with Gasteiger partial charge in [0.1, 0.15) is 17.5 Å². The molecule has 0 aliphatic carbocycles. The van der Waals surface area contributed by atoms with Gasteiger partial charge < -0.3 is 5.32 Å². The Morgan fingerprint density at radius 3 is 2.81 bits per heavy atom. The number of anilines is 1. The third-order valence-electron chi connectivity index (χ3n) is 4.57. The highest BCUT2D eigenvalue weighted by Gasteiger charge is 2.16. The molecular formula is C19H15N7O. The topological polar surface area (TPSA) is 123 Å². The van der Waals surface area contributed by atoms with E-state index in [1.54, 1.807) is 32.3 Å². The number of hydrogen-bond acceptors (Lipinski definition) is 5. The Morgan fingerprint density at radius 2 is 2.07 bits per heavy atom. The Balaban J connectivity index is 1.68. The van der Waals surface area contributed by atoms with Crippen molar-refractivity contribution in [1.29, 1.82) is 5.26 Å². The fourth-order valence-electron chi connectivity index (χ4n) is 2.93. The average Bonchev–Trinajstić information content (AvgIpc) is 3.32. The smallest absolute Gasteiger partial charge is 0.274 e. The zero-order valence-corrected chi connectivity index (χ0v) is 14.7. The van der Waals surface area contributed by atoms with Gasteiger partial charge in [-0.1, -0.05) is 0 Å². The Morgan fingerprint density at radius 1 is 1.22 bits per heavy atom. The second-order valence-electron chi connectivity index (χ2n) is 6.16. The molecule has 3 N–H and O–H groups in total. The molecule has 0 saturated heterocycles. The number of nitrogens with zero attached hydrogens (tertiary/aromatic N) is 4. The molecule has 1 amide bonds. The number of aromatic amines is 2. The molecule has 0 fully saturated rings. The largest absolute Gasteiger partial charge is 0.321 e. The molecule has 0 spiro atoms. The summed E-state index contributed by atoms with van der Waals surface area (Å²) in [6.07, 6.45) is 4.87. The van der Waals surface area contributed by atoms with Crippen LogP contribution in [0.5, 0.6) is 0 Å². The van der Waals surface area contributed by atoms with Crippen molar-refractivity contribution >= 4 is 22.5 Å². The molecule has 0 unspecified atom stereocenters. The molecule has 4 aromatic rings. The number of amides is 1. The van der Waals surface area contributed by atoms with E-state index < -0.39 is 0 Å².